The highest BCUT2D eigenvalue weighted by atomic mass is 35.5. The molecule has 0 radical (unpaired) electrons. The number of carbonyl (C=O) groups excluding carboxylic acids is 1. The van der Waals surface area contributed by atoms with Crippen LogP contribution >= 0.6 is 11.6 Å². The van der Waals surface area contributed by atoms with Gasteiger partial charge in [-0.05, 0) is 62.1 Å². The molecular formula is C23H21ClN6O2. The van der Waals surface area contributed by atoms with Crippen LogP contribution in [-0.4, -0.2) is 42.5 Å². The molecule has 1 fully saturated rings. The lowest BCUT2D eigenvalue weighted by Crippen LogP contribution is -2.45. The summed E-state index contributed by atoms with van der Waals surface area (Å²) in [6, 6.07) is 9.12. The number of likely N-dealkylation sites (tertiary alicyclic amines) is 1. The zero-order valence-electron chi connectivity index (χ0n) is 17.9. The van der Waals surface area contributed by atoms with Gasteiger partial charge in [0.25, 0.3) is 5.91 Å². The third-order valence-corrected chi connectivity index (χ3v) is 6.40. The number of amides is 1. The molecule has 1 atom stereocenters. The van der Waals surface area contributed by atoms with Crippen molar-refractivity contribution < 1.29 is 9.32 Å². The number of nitrogens with zero attached hydrogens (tertiary/aromatic N) is 6. The highest BCUT2D eigenvalue weighted by Gasteiger charge is 2.39. The predicted molar refractivity (Wildman–Crippen MR) is 119 cm³/mol. The molecule has 2 aromatic heterocycles. The van der Waals surface area contributed by atoms with Gasteiger partial charge < -0.3 is 9.42 Å². The largest absolute Gasteiger partial charge is 0.337 e. The summed E-state index contributed by atoms with van der Waals surface area (Å²) in [5.74, 6) is 0.767. The fourth-order valence-electron chi connectivity index (χ4n) is 3.85. The van der Waals surface area contributed by atoms with Gasteiger partial charge in [0.15, 0.2) is 0 Å². The summed E-state index contributed by atoms with van der Waals surface area (Å²) in [5, 5.41) is 13.2. The van der Waals surface area contributed by atoms with E-state index in [-0.39, 0.29) is 11.9 Å². The maximum Gasteiger partial charge on any atom is 0.256 e. The standard InChI is InChI=1S/C23H21ClN6O2/c1-13-11-17(20(12-14(13)2)30-25-8-9-26-30)23(31)29-10-7-19(29)22-27-21(28-32-22)16-5-4-6-18(24)15(16)3/h4-6,8-9,11-12,19H,7,10H2,1-3H3. The minimum atomic E-state index is -0.275. The maximum atomic E-state index is 13.5. The third-order valence-electron chi connectivity index (χ3n) is 5.99. The summed E-state index contributed by atoms with van der Waals surface area (Å²) in [6.45, 7) is 6.51. The van der Waals surface area contributed by atoms with Crippen LogP contribution < -0.4 is 0 Å². The van der Waals surface area contributed by atoms with Crippen LogP contribution in [0.25, 0.3) is 17.1 Å². The van der Waals surface area contributed by atoms with Crippen molar-refractivity contribution in [3.63, 3.8) is 0 Å². The number of hydrogen-bond donors (Lipinski definition) is 0. The number of halogens is 1. The molecule has 1 saturated heterocycles. The zero-order valence-corrected chi connectivity index (χ0v) is 18.7. The summed E-state index contributed by atoms with van der Waals surface area (Å²) in [4.78, 5) is 21.3. The topological polar surface area (TPSA) is 89.9 Å². The van der Waals surface area contributed by atoms with Gasteiger partial charge in [-0.3, -0.25) is 4.79 Å². The molecule has 2 aromatic carbocycles. The molecule has 1 aliphatic rings. The highest BCUT2D eigenvalue weighted by molar-refractivity contribution is 6.31. The second-order valence-electron chi connectivity index (χ2n) is 7.94. The van der Waals surface area contributed by atoms with Crippen molar-refractivity contribution in [2.75, 3.05) is 6.54 Å². The Kier molecular flexibility index (Phi) is 5.01. The first-order valence-electron chi connectivity index (χ1n) is 10.3. The molecule has 0 aliphatic carbocycles. The number of rotatable bonds is 4. The van der Waals surface area contributed by atoms with Gasteiger partial charge in [0.05, 0.1) is 23.6 Å². The third kappa shape index (κ3) is 3.36. The van der Waals surface area contributed by atoms with Crippen LogP contribution in [0.1, 0.15) is 45.4 Å². The van der Waals surface area contributed by atoms with E-state index in [2.05, 4.69) is 20.3 Å². The fourth-order valence-corrected chi connectivity index (χ4v) is 4.02. The van der Waals surface area contributed by atoms with Gasteiger partial charge in [0.1, 0.15) is 6.04 Å². The summed E-state index contributed by atoms with van der Waals surface area (Å²) in [6.07, 6.45) is 3.93. The van der Waals surface area contributed by atoms with E-state index in [1.165, 1.54) is 4.80 Å². The molecule has 9 heteroatoms. The normalized spacial score (nSPS) is 15.6. The molecule has 1 aliphatic heterocycles. The van der Waals surface area contributed by atoms with Crippen LogP contribution in [0.15, 0.2) is 47.2 Å². The average molecular weight is 449 g/mol. The van der Waals surface area contributed by atoms with Crippen molar-refractivity contribution in [3.05, 3.63) is 75.9 Å². The Morgan fingerprint density at radius 2 is 1.88 bits per heavy atom. The molecule has 4 aromatic rings. The molecule has 3 heterocycles. The lowest BCUT2D eigenvalue weighted by atomic mass is 9.98. The fraction of sp³-hybridized carbons (Fsp3) is 0.261. The van der Waals surface area contributed by atoms with Gasteiger partial charge in [-0.15, -0.1) is 0 Å². The van der Waals surface area contributed by atoms with Gasteiger partial charge in [0.2, 0.25) is 11.7 Å². The Hall–Kier alpha value is -3.52. The van der Waals surface area contributed by atoms with Crippen molar-refractivity contribution >= 4 is 17.5 Å². The summed E-state index contributed by atoms with van der Waals surface area (Å²) in [5.41, 5.74) is 4.97. The minimum absolute atomic E-state index is 0.115. The smallest absolute Gasteiger partial charge is 0.256 e. The number of aromatic nitrogens is 5. The predicted octanol–water partition coefficient (Wildman–Crippen LogP) is 4.48. The number of aryl methyl sites for hydroxylation is 2. The molecule has 0 spiro atoms. The Bertz CT molecular complexity index is 1310. The molecule has 32 heavy (non-hydrogen) atoms. The van der Waals surface area contributed by atoms with Gasteiger partial charge in [-0.25, -0.2) is 0 Å². The Morgan fingerprint density at radius 3 is 2.59 bits per heavy atom. The Balaban J connectivity index is 1.46. The van der Waals surface area contributed by atoms with E-state index in [4.69, 9.17) is 16.1 Å². The molecule has 1 unspecified atom stereocenters. The highest BCUT2D eigenvalue weighted by Crippen LogP contribution is 2.36. The monoisotopic (exact) mass is 448 g/mol. The number of carbonyl (C=O) groups is 1. The first-order chi connectivity index (χ1) is 15.4. The van der Waals surface area contributed by atoms with E-state index in [1.807, 2.05) is 51.1 Å². The van der Waals surface area contributed by atoms with Gasteiger partial charge in [0, 0.05) is 17.1 Å². The van der Waals surface area contributed by atoms with Crippen LogP contribution in [0, 0.1) is 20.8 Å². The number of benzene rings is 2. The van der Waals surface area contributed by atoms with Crippen LogP contribution in [-0.2, 0) is 0 Å². The van der Waals surface area contributed by atoms with Crippen LogP contribution in [0.2, 0.25) is 5.02 Å². The van der Waals surface area contributed by atoms with Gasteiger partial charge >= 0.3 is 0 Å². The van der Waals surface area contributed by atoms with Gasteiger partial charge in [-0.1, -0.05) is 28.9 Å². The van der Waals surface area contributed by atoms with Crippen molar-refractivity contribution in [2.45, 2.75) is 33.2 Å². The van der Waals surface area contributed by atoms with E-state index < -0.39 is 0 Å². The molecule has 1 amide bonds. The van der Waals surface area contributed by atoms with Crippen molar-refractivity contribution in [3.8, 4) is 17.1 Å². The average Bonchev–Trinajstić information content (AvgIpc) is 3.43. The molecule has 8 nitrogen and oxygen atoms in total. The Morgan fingerprint density at radius 1 is 1.12 bits per heavy atom. The molecule has 0 saturated carbocycles. The van der Waals surface area contributed by atoms with E-state index in [9.17, 15) is 4.79 Å². The summed E-state index contributed by atoms with van der Waals surface area (Å²) >= 11 is 6.23. The maximum absolute atomic E-state index is 13.5. The second-order valence-corrected chi connectivity index (χ2v) is 8.35. The quantitative estimate of drug-likeness (QED) is 0.457. The molecule has 0 N–H and O–H groups in total. The van der Waals surface area contributed by atoms with E-state index in [0.29, 0.717) is 34.5 Å². The molecule has 5 rings (SSSR count). The van der Waals surface area contributed by atoms with Crippen molar-refractivity contribution in [1.82, 2.24) is 30.0 Å². The van der Waals surface area contributed by atoms with E-state index in [1.54, 1.807) is 17.3 Å². The second kappa shape index (κ2) is 7.87. The first kappa shape index (κ1) is 20.4. The lowest BCUT2D eigenvalue weighted by molar-refractivity contribution is 0.0378. The van der Waals surface area contributed by atoms with Gasteiger partial charge in [-0.2, -0.15) is 20.0 Å². The Labute approximate surface area is 189 Å². The number of hydrogen-bond acceptors (Lipinski definition) is 6. The van der Waals surface area contributed by atoms with Crippen LogP contribution in [0.5, 0.6) is 0 Å². The van der Waals surface area contributed by atoms with E-state index >= 15 is 0 Å². The first-order valence-corrected chi connectivity index (χ1v) is 10.7. The molecular weight excluding hydrogens is 428 g/mol. The molecule has 162 valence electrons. The minimum Gasteiger partial charge on any atom is -0.337 e. The zero-order chi connectivity index (χ0) is 22.4. The summed E-state index contributed by atoms with van der Waals surface area (Å²) < 4.78 is 5.55. The van der Waals surface area contributed by atoms with Crippen molar-refractivity contribution in [2.24, 2.45) is 0 Å². The van der Waals surface area contributed by atoms with Crippen molar-refractivity contribution in [1.29, 1.82) is 0 Å². The lowest BCUT2D eigenvalue weighted by Gasteiger charge is -2.38. The van der Waals surface area contributed by atoms with E-state index in [0.717, 1.165) is 28.7 Å². The summed E-state index contributed by atoms with van der Waals surface area (Å²) in [7, 11) is 0. The molecule has 0 bridgehead atoms. The van der Waals surface area contributed by atoms with Crippen LogP contribution in [0.3, 0.4) is 0 Å². The van der Waals surface area contributed by atoms with Crippen LogP contribution in [0.4, 0.5) is 0 Å². The SMILES string of the molecule is Cc1cc(C(=O)N2CCC2c2nc(-c3cccc(Cl)c3C)no2)c(-n2nccn2)cc1C.